The second-order valence-corrected chi connectivity index (χ2v) is 6.63. The Bertz CT molecular complexity index is 932. The van der Waals surface area contributed by atoms with Gasteiger partial charge in [0.1, 0.15) is 5.75 Å². The Morgan fingerprint density at radius 3 is 2.64 bits per heavy atom. The second-order valence-electron chi connectivity index (χ2n) is 5.60. The molecule has 0 saturated heterocycles. The quantitative estimate of drug-likeness (QED) is 0.544. The SMILES string of the molecule is CCc1nc(COc2ccc(C(=O)Nc3ccccc3SC(F)F)cc2)no1. The Balaban J connectivity index is 1.61. The average Bonchev–Trinajstić information content (AvgIpc) is 3.16. The molecule has 0 radical (unpaired) electrons. The smallest absolute Gasteiger partial charge is 0.288 e. The molecule has 1 N–H and O–H groups in total. The second kappa shape index (κ2) is 9.32. The molecule has 9 heteroatoms. The lowest BCUT2D eigenvalue weighted by Gasteiger charge is -2.10. The molecule has 1 heterocycles. The summed E-state index contributed by atoms with van der Waals surface area (Å²) in [6.07, 6.45) is 0.649. The maximum Gasteiger partial charge on any atom is 0.288 e. The van der Waals surface area contributed by atoms with Crippen LogP contribution in [0.25, 0.3) is 0 Å². The van der Waals surface area contributed by atoms with Crippen molar-refractivity contribution in [2.45, 2.75) is 30.6 Å². The lowest BCUT2D eigenvalue weighted by Crippen LogP contribution is -2.12. The van der Waals surface area contributed by atoms with Gasteiger partial charge in [-0.3, -0.25) is 4.79 Å². The minimum absolute atomic E-state index is 0.146. The zero-order chi connectivity index (χ0) is 19.9. The van der Waals surface area contributed by atoms with Crippen LogP contribution >= 0.6 is 11.8 Å². The highest BCUT2D eigenvalue weighted by molar-refractivity contribution is 7.99. The third-order valence-corrected chi connectivity index (χ3v) is 4.44. The maximum absolute atomic E-state index is 12.6. The summed E-state index contributed by atoms with van der Waals surface area (Å²) >= 11 is 0.385. The van der Waals surface area contributed by atoms with E-state index in [2.05, 4.69) is 15.5 Å². The Kier molecular flexibility index (Phi) is 6.59. The lowest BCUT2D eigenvalue weighted by atomic mass is 10.2. The fraction of sp³-hybridized carbons (Fsp3) is 0.211. The first-order valence-corrected chi connectivity index (χ1v) is 9.32. The lowest BCUT2D eigenvalue weighted by molar-refractivity contribution is 0.102. The summed E-state index contributed by atoms with van der Waals surface area (Å²) in [6, 6.07) is 12.9. The van der Waals surface area contributed by atoms with Gasteiger partial charge in [-0.15, -0.1) is 0 Å². The third-order valence-electron chi connectivity index (χ3n) is 3.65. The molecular weight excluding hydrogens is 388 g/mol. The summed E-state index contributed by atoms with van der Waals surface area (Å²) < 4.78 is 35.9. The number of anilines is 1. The molecule has 0 spiro atoms. The number of hydrogen-bond acceptors (Lipinski definition) is 6. The van der Waals surface area contributed by atoms with Gasteiger partial charge < -0.3 is 14.6 Å². The molecule has 0 saturated carbocycles. The van der Waals surface area contributed by atoms with Gasteiger partial charge in [0.05, 0.1) is 5.69 Å². The number of benzene rings is 2. The first kappa shape index (κ1) is 19.8. The number of para-hydroxylation sites is 1. The van der Waals surface area contributed by atoms with Gasteiger partial charge in [0.15, 0.2) is 6.61 Å². The molecule has 0 fully saturated rings. The predicted octanol–water partition coefficient (Wildman–Crippen LogP) is 4.78. The zero-order valence-corrected chi connectivity index (χ0v) is 15.7. The monoisotopic (exact) mass is 405 g/mol. The van der Waals surface area contributed by atoms with Crippen molar-refractivity contribution in [3.63, 3.8) is 0 Å². The molecule has 2 aromatic carbocycles. The van der Waals surface area contributed by atoms with Gasteiger partial charge in [0.2, 0.25) is 11.7 Å². The van der Waals surface area contributed by atoms with E-state index in [1.54, 1.807) is 42.5 Å². The Labute approximate surface area is 164 Å². The number of aromatic nitrogens is 2. The third kappa shape index (κ3) is 5.29. The van der Waals surface area contributed by atoms with Crippen molar-refractivity contribution >= 4 is 23.4 Å². The summed E-state index contributed by atoms with van der Waals surface area (Å²) in [4.78, 5) is 16.8. The van der Waals surface area contributed by atoms with Gasteiger partial charge in [-0.05, 0) is 36.4 Å². The van der Waals surface area contributed by atoms with E-state index in [1.807, 2.05) is 6.92 Å². The number of aryl methyl sites for hydroxylation is 1. The normalized spacial score (nSPS) is 10.9. The molecule has 0 aliphatic carbocycles. The minimum atomic E-state index is -2.57. The molecule has 1 amide bonds. The highest BCUT2D eigenvalue weighted by Crippen LogP contribution is 2.31. The summed E-state index contributed by atoms with van der Waals surface area (Å²) in [7, 11) is 0. The maximum atomic E-state index is 12.6. The van der Waals surface area contributed by atoms with Crippen LogP contribution in [0.3, 0.4) is 0 Å². The molecule has 3 aromatic rings. The van der Waals surface area contributed by atoms with Gasteiger partial charge in [0, 0.05) is 16.9 Å². The van der Waals surface area contributed by atoms with E-state index in [1.165, 1.54) is 6.07 Å². The van der Waals surface area contributed by atoms with E-state index in [0.29, 0.717) is 51.8 Å². The van der Waals surface area contributed by atoms with Crippen molar-refractivity contribution in [1.29, 1.82) is 0 Å². The van der Waals surface area contributed by atoms with Crippen LogP contribution in [-0.4, -0.2) is 21.8 Å². The van der Waals surface area contributed by atoms with Crippen LogP contribution in [0.2, 0.25) is 0 Å². The Hall–Kier alpha value is -2.94. The molecule has 0 bridgehead atoms. The van der Waals surface area contributed by atoms with Crippen LogP contribution < -0.4 is 10.1 Å². The highest BCUT2D eigenvalue weighted by atomic mass is 32.2. The molecule has 6 nitrogen and oxygen atoms in total. The van der Waals surface area contributed by atoms with Crippen molar-refractivity contribution in [2.24, 2.45) is 0 Å². The number of rotatable bonds is 8. The molecule has 146 valence electrons. The standard InChI is InChI=1S/C19H17F2N3O3S/c1-2-17-23-16(24-27-17)11-26-13-9-7-12(8-10-13)18(25)22-14-5-3-4-6-15(14)28-19(20)21/h3-10,19H,2,11H2,1H3,(H,22,25). The van der Waals surface area contributed by atoms with Crippen molar-refractivity contribution < 1.29 is 22.8 Å². The predicted molar refractivity (Wildman–Crippen MR) is 101 cm³/mol. The zero-order valence-electron chi connectivity index (χ0n) is 14.9. The topological polar surface area (TPSA) is 77.2 Å². The number of halogens is 2. The summed E-state index contributed by atoms with van der Waals surface area (Å²) in [5, 5.41) is 6.45. The Morgan fingerprint density at radius 2 is 1.96 bits per heavy atom. The van der Waals surface area contributed by atoms with E-state index in [9.17, 15) is 13.6 Å². The number of hydrogen-bond donors (Lipinski definition) is 1. The molecule has 3 rings (SSSR count). The number of ether oxygens (including phenoxy) is 1. The van der Waals surface area contributed by atoms with E-state index in [4.69, 9.17) is 9.26 Å². The van der Waals surface area contributed by atoms with Gasteiger partial charge in [-0.25, -0.2) is 0 Å². The van der Waals surface area contributed by atoms with E-state index in [0.717, 1.165) is 0 Å². The fourth-order valence-electron chi connectivity index (χ4n) is 2.31. The molecule has 0 aliphatic heterocycles. The highest BCUT2D eigenvalue weighted by Gasteiger charge is 2.13. The fourth-order valence-corrected chi connectivity index (χ4v) is 2.90. The number of amides is 1. The van der Waals surface area contributed by atoms with Crippen LogP contribution in [0.5, 0.6) is 5.75 Å². The first-order valence-electron chi connectivity index (χ1n) is 8.44. The number of nitrogens with one attached hydrogen (secondary N) is 1. The summed E-state index contributed by atoms with van der Waals surface area (Å²) in [5.74, 6) is -1.46. The molecule has 28 heavy (non-hydrogen) atoms. The van der Waals surface area contributed by atoms with Crippen molar-refractivity contribution in [3.05, 3.63) is 65.8 Å². The van der Waals surface area contributed by atoms with Gasteiger partial charge in [-0.2, -0.15) is 13.8 Å². The Morgan fingerprint density at radius 1 is 1.21 bits per heavy atom. The summed E-state index contributed by atoms with van der Waals surface area (Å²) in [6.45, 7) is 2.06. The number of alkyl halides is 2. The number of nitrogens with zero attached hydrogens (tertiary/aromatic N) is 2. The average molecular weight is 405 g/mol. The summed E-state index contributed by atoms with van der Waals surface area (Å²) in [5.41, 5.74) is 0.707. The van der Waals surface area contributed by atoms with Crippen molar-refractivity contribution in [3.8, 4) is 5.75 Å². The van der Waals surface area contributed by atoms with Gasteiger partial charge >= 0.3 is 0 Å². The molecule has 1 aromatic heterocycles. The number of carbonyl (C=O) groups excluding carboxylic acids is 1. The minimum Gasteiger partial charge on any atom is -0.485 e. The van der Waals surface area contributed by atoms with Crippen LogP contribution in [0, 0.1) is 0 Å². The molecule has 0 atom stereocenters. The molecule has 0 unspecified atom stereocenters. The van der Waals surface area contributed by atoms with Crippen molar-refractivity contribution in [2.75, 3.05) is 5.32 Å². The molecule has 0 aliphatic rings. The first-order chi connectivity index (χ1) is 13.5. The van der Waals surface area contributed by atoms with E-state index < -0.39 is 11.7 Å². The van der Waals surface area contributed by atoms with Crippen LogP contribution in [0.4, 0.5) is 14.5 Å². The van der Waals surface area contributed by atoms with Crippen molar-refractivity contribution in [1.82, 2.24) is 10.1 Å². The van der Waals surface area contributed by atoms with E-state index >= 15 is 0 Å². The van der Waals surface area contributed by atoms with Gasteiger partial charge in [-0.1, -0.05) is 36.0 Å². The number of thioether (sulfide) groups is 1. The van der Waals surface area contributed by atoms with E-state index in [-0.39, 0.29) is 6.61 Å². The van der Waals surface area contributed by atoms with Gasteiger partial charge in [0.25, 0.3) is 11.7 Å². The van der Waals surface area contributed by atoms with Crippen LogP contribution in [-0.2, 0) is 13.0 Å². The largest absolute Gasteiger partial charge is 0.485 e. The van der Waals surface area contributed by atoms with Crippen LogP contribution in [0.1, 0.15) is 29.0 Å². The van der Waals surface area contributed by atoms with Crippen LogP contribution in [0.15, 0.2) is 57.9 Å². The molecular formula is C19H17F2N3O3S. The number of carbonyl (C=O) groups is 1.